The molecule has 36 heavy (non-hydrogen) atoms. The quantitative estimate of drug-likeness (QED) is 0.306. The Balaban J connectivity index is 1.55. The average molecular weight is 509 g/mol. The van der Waals surface area contributed by atoms with Crippen molar-refractivity contribution in [1.29, 1.82) is 0 Å². The number of ether oxygens (including phenoxy) is 2. The Morgan fingerprint density at radius 2 is 1.78 bits per heavy atom. The van der Waals surface area contributed by atoms with E-state index in [-0.39, 0.29) is 24.3 Å². The van der Waals surface area contributed by atoms with Crippen LogP contribution in [0.1, 0.15) is 58.8 Å². The highest BCUT2D eigenvalue weighted by atomic mass is 16.5. The van der Waals surface area contributed by atoms with Crippen molar-refractivity contribution in [3.63, 3.8) is 0 Å². The van der Waals surface area contributed by atoms with E-state index in [4.69, 9.17) is 9.47 Å². The molecule has 2 unspecified atom stereocenters. The molecule has 4 rings (SSSR count). The van der Waals surface area contributed by atoms with E-state index in [1.54, 1.807) is 4.90 Å². The minimum Gasteiger partial charge on any atom is -0.396 e. The van der Waals surface area contributed by atoms with Gasteiger partial charge >= 0.3 is 0 Å². The SMILES string of the molecule is CCCNC(=O)[C@@H]1[C@H]2C(=O)N(CCCCCO)C(C(=O)NCCN3CCOCC3)C23CC[C@@]1(CC)O3. The summed E-state index contributed by atoms with van der Waals surface area (Å²) in [4.78, 5) is 45.0. The monoisotopic (exact) mass is 508 g/mol. The fraction of sp³-hybridized carbons (Fsp3) is 0.885. The first kappa shape index (κ1) is 27.3. The fourth-order valence-electron chi connectivity index (χ4n) is 6.84. The molecule has 2 bridgehead atoms. The number of hydrogen-bond acceptors (Lipinski definition) is 7. The Morgan fingerprint density at radius 1 is 1.03 bits per heavy atom. The van der Waals surface area contributed by atoms with Crippen LogP contribution in [0, 0.1) is 11.8 Å². The summed E-state index contributed by atoms with van der Waals surface area (Å²) < 4.78 is 12.1. The molecule has 0 aromatic rings. The summed E-state index contributed by atoms with van der Waals surface area (Å²) in [5, 5.41) is 15.3. The zero-order valence-corrected chi connectivity index (χ0v) is 21.9. The first-order chi connectivity index (χ1) is 17.4. The zero-order valence-electron chi connectivity index (χ0n) is 21.9. The molecular formula is C26H44N4O6. The van der Waals surface area contributed by atoms with Gasteiger partial charge in [0.25, 0.3) is 0 Å². The molecule has 4 aliphatic heterocycles. The van der Waals surface area contributed by atoms with Gasteiger partial charge in [-0.15, -0.1) is 0 Å². The molecule has 0 saturated carbocycles. The molecule has 0 radical (unpaired) electrons. The van der Waals surface area contributed by atoms with E-state index >= 15 is 0 Å². The first-order valence-corrected chi connectivity index (χ1v) is 13.9. The summed E-state index contributed by atoms with van der Waals surface area (Å²) in [6.07, 6.45) is 4.83. The molecule has 10 nitrogen and oxygen atoms in total. The minimum atomic E-state index is -0.971. The van der Waals surface area contributed by atoms with Crippen molar-refractivity contribution in [2.24, 2.45) is 11.8 Å². The smallest absolute Gasteiger partial charge is 0.245 e. The predicted octanol–water partition coefficient (Wildman–Crippen LogP) is 0.278. The maximum absolute atomic E-state index is 13.9. The third kappa shape index (κ3) is 4.89. The molecule has 3 N–H and O–H groups in total. The Kier molecular flexibility index (Phi) is 8.91. The molecular weight excluding hydrogens is 464 g/mol. The Bertz CT molecular complexity index is 805. The number of hydrogen-bond donors (Lipinski definition) is 3. The van der Waals surface area contributed by atoms with E-state index < -0.39 is 29.1 Å². The number of morpholine rings is 1. The fourth-order valence-corrected chi connectivity index (χ4v) is 6.84. The van der Waals surface area contributed by atoms with E-state index in [0.717, 1.165) is 32.5 Å². The molecule has 0 aliphatic carbocycles. The number of aliphatic hydroxyl groups excluding tert-OH is 1. The predicted molar refractivity (Wildman–Crippen MR) is 133 cm³/mol. The second-order valence-electron chi connectivity index (χ2n) is 10.7. The van der Waals surface area contributed by atoms with Crippen LogP contribution >= 0.6 is 0 Å². The van der Waals surface area contributed by atoms with Gasteiger partial charge in [0.1, 0.15) is 11.6 Å². The number of likely N-dealkylation sites (tertiary alicyclic amines) is 1. The number of carbonyl (C=O) groups excluding carboxylic acids is 3. The van der Waals surface area contributed by atoms with Gasteiger partial charge in [0.2, 0.25) is 17.7 Å². The lowest BCUT2D eigenvalue weighted by atomic mass is 9.65. The largest absolute Gasteiger partial charge is 0.396 e. The van der Waals surface area contributed by atoms with Crippen molar-refractivity contribution in [2.75, 3.05) is 59.1 Å². The molecule has 0 aromatic heterocycles. The van der Waals surface area contributed by atoms with Crippen LogP contribution in [0.5, 0.6) is 0 Å². The lowest BCUT2D eigenvalue weighted by Crippen LogP contribution is -2.56. The number of nitrogens with one attached hydrogen (secondary N) is 2. The molecule has 204 valence electrons. The van der Waals surface area contributed by atoms with Gasteiger partial charge in [0.05, 0.1) is 30.7 Å². The standard InChI is InChI=1S/C26H44N4O6/c1-3-10-27-22(32)19-20-24(34)30(12-6-5-7-16-31)21(26(20)9-8-25(19,4-2)36-26)23(33)28-11-13-29-14-17-35-18-15-29/h19-21,31H,3-18H2,1-2H3,(H,27,32)(H,28,33)/t19-,20-,21?,25+,26?/m0/s1. The topological polar surface area (TPSA) is 120 Å². The van der Waals surface area contributed by atoms with Crippen molar-refractivity contribution < 1.29 is 29.0 Å². The lowest BCUT2D eigenvalue weighted by Gasteiger charge is -2.34. The van der Waals surface area contributed by atoms with Crippen molar-refractivity contribution in [3.8, 4) is 0 Å². The van der Waals surface area contributed by atoms with E-state index in [1.165, 1.54) is 0 Å². The summed E-state index contributed by atoms with van der Waals surface area (Å²) in [7, 11) is 0. The van der Waals surface area contributed by atoms with Gasteiger partial charge in [-0.1, -0.05) is 13.8 Å². The van der Waals surface area contributed by atoms with Crippen molar-refractivity contribution >= 4 is 17.7 Å². The van der Waals surface area contributed by atoms with E-state index in [0.29, 0.717) is 65.0 Å². The molecule has 4 heterocycles. The molecule has 4 aliphatic rings. The Labute approximate surface area is 214 Å². The van der Waals surface area contributed by atoms with Crippen LogP contribution in [0.3, 0.4) is 0 Å². The maximum Gasteiger partial charge on any atom is 0.245 e. The van der Waals surface area contributed by atoms with E-state index in [9.17, 15) is 19.5 Å². The molecule has 1 spiro atoms. The van der Waals surface area contributed by atoms with Crippen molar-refractivity contribution in [2.45, 2.75) is 76.0 Å². The molecule has 3 amide bonds. The summed E-state index contributed by atoms with van der Waals surface area (Å²) in [6.45, 7) is 9.40. The van der Waals surface area contributed by atoms with Gasteiger partial charge in [0, 0.05) is 45.9 Å². The highest BCUT2D eigenvalue weighted by molar-refractivity contribution is 5.99. The van der Waals surface area contributed by atoms with Crippen LogP contribution in [0.15, 0.2) is 0 Å². The van der Waals surface area contributed by atoms with Gasteiger partial charge < -0.3 is 30.1 Å². The zero-order chi connectivity index (χ0) is 25.8. The van der Waals surface area contributed by atoms with Crippen molar-refractivity contribution in [3.05, 3.63) is 0 Å². The third-order valence-electron chi connectivity index (χ3n) is 8.65. The third-order valence-corrected chi connectivity index (χ3v) is 8.65. The minimum absolute atomic E-state index is 0.105. The molecule has 0 aromatic carbocycles. The highest BCUT2D eigenvalue weighted by Gasteiger charge is 2.78. The van der Waals surface area contributed by atoms with Crippen LogP contribution in [0.4, 0.5) is 0 Å². The lowest BCUT2D eigenvalue weighted by molar-refractivity contribution is -0.147. The molecule has 10 heteroatoms. The molecule has 5 atom stereocenters. The van der Waals surface area contributed by atoms with E-state index in [2.05, 4.69) is 15.5 Å². The van der Waals surface area contributed by atoms with Gasteiger partial charge in [-0.2, -0.15) is 0 Å². The van der Waals surface area contributed by atoms with Crippen LogP contribution in [-0.4, -0.2) is 109 Å². The number of nitrogens with zero attached hydrogens (tertiary/aromatic N) is 2. The first-order valence-electron chi connectivity index (χ1n) is 13.9. The number of fused-ring (bicyclic) bond motifs is 1. The summed E-state index contributed by atoms with van der Waals surface area (Å²) in [5.74, 6) is -1.69. The van der Waals surface area contributed by atoms with Crippen LogP contribution in [-0.2, 0) is 23.9 Å². The number of amides is 3. The van der Waals surface area contributed by atoms with E-state index in [1.807, 2.05) is 13.8 Å². The van der Waals surface area contributed by atoms with Gasteiger partial charge in [-0.25, -0.2) is 0 Å². The number of aliphatic hydroxyl groups is 1. The second-order valence-corrected chi connectivity index (χ2v) is 10.7. The summed E-state index contributed by atoms with van der Waals surface area (Å²) in [6, 6.07) is -0.744. The number of rotatable bonds is 13. The normalized spacial score (nSPS) is 33.7. The number of carbonyl (C=O) groups is 3. The Morgan fingerprint density at radius 3 is 2.47 bits per heavy atom. The second kappa shape index (κ2) is 11.8. The maximum atomic E-state index is 13.9. The van der Waals surface area contributed by atoms with Gasteiger partial charge in [-0.3, -0.25) is 19.3 Å². The van der Waals surface area contributed by atoms with Crippen molar-refractivity contribution in [1.82, 2.24) is 20.4 Å². The summed E-state index contributed by atoms with van der Waals surface area (Å²) in [5.41, 5.74) is -1.67. The Hall–Kier alpha value is -1.75. The summed E-state index contributed by atoms with van der Waals surface area (Å²) >= 11 is 0. The average Bonchev–Trinajstić information content (AvgIpc) is 3.49. The highest BCUT2D eigenvalue weighted by Crippen LogP contribution is 2.64. The van der Waals surface area contributed by atoms with Gasteiger partial charge in [-0.05, 0) is 44.9 Å². The van der Waals surface area contributed by atoms with Crippen LogP contribution in [0.25, 0.3) is 0 Å². The number of unbranched alkanes of at least 4 members (excludes halogenated alkanes) is 2. The molecule has 4 saturated heterocycles. The molecule has 4 fully saturated rings. The van der Waals surface area contributed by atoms with Crippen LogP contribution < -0.4 is 10.6 Å². The van der Waals surface area contributed by atoms with Crippen LogP contribution in [0.2, 0.25) is 0 Å². The van der Waals surface area contributed by atoms with Gasteiger partial charge in [0.15, 0.2) is 0 Å².